The standard InChI is InChI=1S/C15H22N2OS/c1-2-6-17-10-12(9-16-17)15(18)11-7-13-4-3-5-14(8-11)19-13/h9-11,13-14H,2-8H2,1H3. The van der Waals surface area contributed by atoms with Crippen LogP contribution in [-0.2, 0) is 6.54 Å². The van der Waals surface area contributed by atoms with Crippen molar-refractivity contribution in [3.63, 3.8) is 0 Å². The van der Waals surface area contributed by atoms with Crippen molar-refractivity contribution in [1.29, 1.82) is 0 Å². The Bertz CT molecular complexity index is 445. The van der Waals surface area contributed by atoms with Gasteiger partial charge in [-0.2, -0.15) is 16.9 Å². The molecule has 0 amide bonds. The molecule has 104 valence electrons. The summed E-state index contributed by atoms with van der Waals surface area (Å²) in [5, 5.41) is 5.74. The molecule has 0 spiro atoms. The van der Waals surface area contributed by atoms with E-state index in [4.69, 9.17) is 0 Å². The van der Waals surface area contributed by atoms with E-state index in [2.05, 4.69) is 23.8 Å². The van der Waals surface area contributed by atoms with Gasteiger partial charge in [0.2, 0.25) is 0 Å². The van der Waals surface area contributed by atoms with Crippen LogP contribution in [0.1, 0.15) is 55.8 Å². The number of Topliss-reactive ketones (excluding diaryl/α,β-unsaturated/α-hetero) is 1. The highest BCUT2D eigenvalue weighted by molar-refractivity contribution is 8.00. The largest absolute Gasteiger partial charge is 0.294 e. The molecule has 4 heteroatoms. The Morgan fingerprint density at radius 2 is 2.16 bits per heavy atom. The third-order valence-corrected chi connectivity index (χ3v) is 5.90. The first-order valence-corrected chi connectivity index (χ1v) is 8.42. The number of carbonyl (C=O) groups excluding carboxylic acids is 1. The Labute approximate surface area is 119 Å². The first-order chi connectivity index (χ1) is 9.26. The van der Waals surface area contributed by atoms with Gasteiger partial charge in [0.25, 0.3) is 0 Å². The van der Waals surface area contributed by atoms with Crippen LogP contribution in [0.15, 0.2) is 12.4 Å². The molecule has 0 N–H and O–H groups in total. The fraction of sp³-hybridized carbons (Fsp3) is 0.733. The summed E-state index contributed by atoms with van der Waals surface area (Å²) in [5.74, 6) is 0.579. The van der Waals surface area contributed by atoms with Crippen LogP contribution in [0.25, 0.3) is 0 Å². The highest BCUT2D eigenvalue weighted by atomic mass is 32.2. The number of ketones is 1. The van der Waals surface area contributed by atoms with Crippen molar-refractivity contribution in [3.8, 4) is 0 Å². The van der Waals surface area contributed by atoms with E-state index in [-0.39, 0.29) is 5.92 Å². The Kier molecular flexibility index (Phi) is 3.96. The minimum atomic E-state index is 0.246. The number of fused-ring (bicyclic) bond motifs is 2. The molecule has 3 nitrogen and oxygen atoms in total. The van der Waals surface area contributed by atoms with Crippen molar-refractivity contribution in [2.24, 2.45) is 5.92 Å². The molecule has 0 saturated carbocycles. The Hall–Kier alpha value is -0.770. The summed E-state index contributed by atoms with van der Waals surface area (Å²) in [4.78, 5) is 12.6. The predicted octanol–water partition coefficient (Wildman–Crippen LogP) is 3.54. The molecule has 3 rings (SSSR count). The quantitative estimate of drug-likeness (QED) is 0.790. The number of thioether (sulfide) groups is 1. The van der Waals surface area contributed by atoms with Gasteiger partial charge in [0.05, 0.1) is 11.8 Å². The second-order valence-corrected chi connectivity index (χ2v) is 7.44. The van der Waals surface area contributed by atoms with E-state index in [0.717, 1.165) is 41.9 Å². The predicted molar refractivity (Wildman–Crippen MR) is 78.6 cm³/mol. The molecule has 2 aliphatic rings. The van der Waals surface area contributed by atoms with Crippen LogP contribution in [0.5, 0.6) is 0 Å². The summed E-state index contributed by atoms with van der Waals surface area (Å²) < 4.78 is 1.89. The van der Waals surface area contributed by atoms with E-state index >= 15 is 0 Å². The SMILES string of the molecule is CCCn1cc(C(=O)C2CC3CCCC(C2)S3)cn1. The van der Waals surface area contributed by atoms with E-state index in [0.29, 0.717) is 5.78 Å². The fourth-order valence-corrected chi connectivity index (χ4v) is 5.19. The maximum atomic E-state index is 12.6. The van der Waals surface area contributed by atoms with Gasteiger partial charge in [-0.25, -0.2) is 0 Å². The topological polar surface area (TPSA) is 34.9 Å². The molecule has 3 heterocycles. The van der Waals surface area contributed by atoms with Crippen LogP contribution in [0.4, 0.5) is 0 Å². The molecular weight excluding hydrogens is 256 g/mol. The highest BCUT2D eigenvalue weighted by Crippen LogP contribution is 2.44. The normalized spacial score (nSPS) is 30.3. The zero-order chi connectivity index (χ0) is 13.2. The van der Waals surface area contributed by atoms with Gasteiger partial charge < -0.3 is 0 Å². The van der Waals surface area contributed by atoms with Gasteiger partial charge in [-0.15, -0.1) is 0 Å². The maximum absolute atomic E-state index is 12.6. The third-order valence-electron chi connectivity index (χ3n) is 4.27. The van der Waals surface area contributed by atoms with Crippen LogP contribution in [0.2, 0.25) is 0 Å². The van der Waals surface area contributed by atoms with Crippen LogP contribution in [0.3, 0.4) is 0 Å². The molecule has 0 aliphatic carbocycles. The Morgan fingerprint density at radius 3 is 2.84 bits per heavy atom. The lowest BCUT2D eigenvalue weighted by Gasteiger charge is -2.37. The smallest absolute Gasteiger partial charge is 0.169 e. The summed E-state index contributed by atoms with van der Waals surface area (Å²) in [6.45, 7) is 3.03. The number of aryl methyl sites for hydroxylation is 1. The molecule has 1 aromatic heterocycles. The molecule has 1 aromatic rings. The van der Waals surface area contributed by atoms with Gasteiger partial charge in [0.1, 0.15) is 0 Å². The van der Waals surface area contributed by atoms with Crippen molar-refractivity contribution in [1.82, 2.24) is 9.78 Å². The van der Waals surface area contributed by atoms with Gasteiger partial charge in [-0.05, 0) is 32.1 Å². The maximum Gasteiger partial charge on any atom is 0.169 e. The summed E-state index contributed by atoms with van der Waals surface area (Å²) in [6.07, 6.45) is 10.9. The van der Waals surface area contributed by atoms with Crippen molar-refractivity contribution in [3.05, 3.63) is 18.0 Å². The molecule has 2 aliphatic heterocycles. The fourth-order valence-electron chi connectivity index (χ4n) is 3.35. The summed E-state index contributed by atoms with van der Waals surface area (Å²) in [6, 6.07) is 0. The van der Waals surface area contributed by atoms with E-state index in [1.807, 2.05) is 10.9 Å². The average molecular weight is 278 g/mol. The average Bonchev–Trinajstić information content (AvgIpc) is 2.86. The van der Waals surface area contributed by atoms with Gasteiger partial charge in [0, 0.05) is 29.2 Å². The van der Waals surface area contributed by atoms with Crippen molar-refractivity contribution < 1.29 is 4.79 Å². The first kappa shape index (κ1) is 13.2. The van der Waals surface area contributed by atoms with Gasteiger partial charge in [0.15, 0.2) is 5.78 Å². The number of hydrogen-bond acceptors (Lipinski definition) is 3. The summed E-state index contributed by atoms with van der Waals surface area (Å²) in [5.41, 5.74) is 0.823. The molecule has 2 saturated heterocycles. The molecule has 2 bridgehead atoms. The zero-order valence-electron chi connectivity index (χ0n) is 11.5. The monoisotopic (exact) mass is 278 g/mol. The van der Waals surface area contributed by atoms with E-state index in [1.165, 1.54) is 19.3 Å². The first-order valence-electron chi connectivity index (χ1n) is 7.48. The van der Waals surface area contributed by atoms with Crippen molar-refractivity contribution >= 4 is 17.5 Å². The number of carbonyl (C=O) groups is 1. The van der Waals surface area contributed by atoms with Gasteiger partial charge in [-0.1, -0.05) is 13.3 Å². The molecular formula is C15H22N2OS. The Balaban J connectivity index is 1.69. The summed E-state index contributed by atoms with van der Waals surface area (Å²) >= 11 is 2.13. The molecule has 2 atom stereocenters. The van der Waals surface area contributed by atoms with E-state index < -0.39 is 0 Å². The van der Waals surface area contributed by atoms with E-state index in [1.54, 1.807) is 6.20 Å². The minimum absolute atomic E-state index is 0.246. The van der Waals surface area contributed by atoms with Crippen LogP contribution in [0, 0.1) is 5.92 Å². The summed E-state index contributed by atoms with van der Waals surface area (Å²) in [7, 11) is 0. The molecule has 19 heavy (non-hydrogen) atoms. The molecule has 2 unspecified atom stereocenters. The second-order valence-electron chi connectivity index (χ2n) is 5.84. The van der Waals surface area contributed by atoms with Gasteiger partial charge in [-0.3, -0.25) is 9.48 Å². The molecule has 0 radical (unpaired) electrons. The third kappa shape index (κ3) is 2.88. The van der Waals surface area contributed by atoms with Crippen molar-refractivity contribution in [2.45, 2.75) is 62.5 Å². The van der Waals surface area contributed by atoms with Gasteiger partial charge >= 0.3 is 0 Å². The number of aromatic nitrogens is 2. The van der Waals surface area contributed by atoms with Crippen LogP contribution < -0.4 is 0 Å². The lowest BCUT2D eigenvalue weighted by molar-refractivity contribution is 0.0896. The van der Waals surface area contributed by atoms with Crippen molar-refractivity contribution in [2.75, 3.05) is 0 Å². The lowest BCUT2D eigenvalue weighted by atomic mass is 9.85. The minimum Gasteiger partial charge on any atom is -0.294 e. The lowest BCUT2D eigenvalue weighted by Crippen LogP contribution is -2.32. The van der Waals surface area contributed by atoms with Crippen LogP contribution >= 0.6 is 11.8 Å². The Morgan fingerprint density at radius 1 is 1.42 bits per heavy atom. The highest BCUT2D eigenvalue weighted by Gasteiger charge is 2.36. The number of nitrogens with zero attached hydrogens (tertiary/aromatic N) is 2. The zero-order valence-corrected chi connectivity index (χ0v) is 12.4. The van der Waals surface area contributed by atoms with Crippen LogP contribution in [-0.4, -0.2) is 26.1 Å². The number of hydrogen-bond donors (Lipinski definition) is 0. The van der Waals surface area contributed by atoms with E-state index in [9.17, 15) is 4.79 Å². The molecule has 0 aromatic carbocycles. The number of rotatable bonds is 4. The second kappa shape index (κ2) is 5.70. The molecule has 2 fully saturated rings.